The molecule has 1 saturated heterocycles. The Labute approximate surface area is 593 Å². The second-order valence-corrected chi connectivity index (χ2v) is 28.2. The molecule has 0 aromatic heterocycles. The molecule has 1 aliphatic rings. The number of rotatable bonds is 63. The van der Waals surface area contributed by atoms with E-state index in [-0.39, 0.29) is 25.7 Å². The largest absolute Gasteiger partial charge is 0.470 e. The van der Waals surface area contributed by atoms with Gasteiger partial charge in [0.05, 0.1) is 32.5 Å². The standard InChI is InChI=1S/C69H128N3O18P.C6H15N/c1-7-13-19-22-25-28-31-34-40-43-54(85-61(76)46-37-16-10-4)49-59(74)71-65-67(89-64(79)51-56(87-63(78)48-39-18-12-6)45-42-36-33-30-27-24-21-15-9-3)66(90-91(81,82)83)58(52-73)88-69(65)84-53-57(70)68(80)72-60(75)50-55(86-62(77)47-38-17-11-5)44-41-35-32-29-26-23-20-14-8-2;1-4-7(5-2)6-3/h54-58,65-67,69,73H,7-53,70H2,1-6H3,(H,71,74)(H,72,75,80)(H2,81,82,83);4-6H2,1-3H3/t54-,55-,56-,57+,58-,65-,66-,67-,69+;/m1./s1. The lowest BCUT2D eigenvalue weighted by atomic mass is 9.95. The number of amides is 3. The molecule has 1 rings (SSSR count). The van der Waals surface area contributed by atoms with E-state index in [9.17, 15) is 53.0 Å². The Morgan fingerprint density at radius 1 is 0.459 bits per heavy atom. The van der Waals surface area contributed by atoms with E-state index in [1.54, 1.807) is 0 Å². The number of hydrogen-bond donors (Lipinski definition) is 6. The van der Waals surface area contributed by atoms with E-state index < -0.39 is 130 Å². The molecule has 0 aromatic rings. The van der Waals surface area contributed by atoms with Crippen molar-refractivity contribution in [1.29, 1.82) is 0 Å². The maximum Gasteiger partial charge on any atom is 0.470 e. The van der Waals surface area contributed by atoms with Gasteiger partial charge in [-0.25, -0.2) is 4.57 Å². The van der Waals surface area contributed by atoms with E-state index >= 15 is 0 Å². The molecule has 1 aliphatic heterocycles. The first-order valence-corrected chi connectivity index (χ1v) is 40.7. The minimum absolute atomic E-state index is 0.123. The third kappa shape index (κ3) is 51.5. The Kier molecular flexibility index (Phi) is 60.8. The van der Waals surface area contributed by atoms with Crippen molar-refractivity contribution in [2.24, 2.45) is 5.73 Å². The molecule has 0 spiro atoms. The van der Waals surface area contributed by atoms with E-state index in [0.717, 1.165) is 141 Å². The van der Waals surface area contributed by atoms with Crippen LogP contribution in [0.1, 0.15) is 351 Å². The van der Waals surface area contributed by atoms with Crippen LogP contribution in [-0.2, 0) is 71.1 Å². The van der Waals surface area contributed by atoms with Crippen molar-refractivity contribution >= 4 is 49.4 Å². The first-order valence-electron chi connectivity index (χ1n) is 39.2. The van der Waals surface area contributed by atoms with E-state index in [4.69, 9.17) is 38.7 Å². The van der Waals surface area contributed by atoms with Crippen molar-refractivity contribution in [2.45, 2.75) is 406 Å². The first kappa shape index (κ1) is 94.4. The van der Waals surface area contributed by atoms with Gasteiger partial charge in [-0.2, -0.15) is 0 Å². The summed E-state index contributed by atoms with van der Waals surface area (Å²) in [6.07, 6.45) is 25.2. The molecular weight excluding hydrogens is 1280 g/mol. The molecule has 0 aliphatic carbocycles. The maximum absolute atomic E-state index is 14.5. The van der Waals surface area contributed by atoms with Crippen LogP contribution in [-0.4, -0.2) is 149 Å². The number of hydrogen-bond acceptors (Lipinski definition) is 18. The predicted octanol–water partition coefficient (Wildman–Crippen LogP) is 15.3. The van der Waals surface area contributed by atoms with Crippen molar-refractivity contribution in [3.05, 3.63) is 0 Å². The summed E-state index contributed by atoms with van der Waals surface area (Å²) in [6.45, 7) is 21.0. The fourth-order valence-electron chi connectivity index (χ4n) is 12.0. The second-order valence-electron chi connectivity index (χ2n) is 27.0. The summed E-state index contributed by atoms with van der Waals surface area (Å²) in [7, 11) is -5.51. The van der Waals surface area contributed by atoms with Crippen molar-refractivity contribution in [1.82, 2.24) is 15.5 Å². The van der Waals surface area contributed by atoms with Gasteiger partial charge in [-0.3, -0.25) is 43.4 Å². The Morgan fingerprint density at radius 2 is 0.796 bits per heavy atom. The number of phosphoric acid groups is 1. The smallest absolute Gasteiger partial charge is 0.462 e. The van der Waals surface area contributed by atoms with Crippen LogP contribution in [0, 0.1) is 0 Å². The molecule has 22 nitrogen and oxygen atoms in total. The van der Waals surface area contributed by atoms with Gasteiger partial charge in [-0.05, 0) is 77.4 Å². The molecule has 0 aromatic carbocycles. The number of ether oxygens (including phenoxy) is 6. The third-order valence-electron chi connectivity index (χ3n) is 18.0. The minimum Gasteiger partial charge on any atom is -0.462 e. The minimum atomic E-state index is -5.51. The number of phosphoric ester groups is 1. The topological polar surface area (TPSA) is 315 Å². The van der Waals surface area contributed by atoms with Gasteiger partial charge < -0.3 is 59.3 Å². The van der Waals surface area contributed by atoms with Crippen LogP contribution in [0.25, 0.3) is 0 Å². The van der Waals surface area contributed by atoms with Gasteiger partial charge in [0.25, 0.3) is 0 Å². The lowest BCUT2D eigenvalue weighted by Crippen LogP contribution is -2.66. The number of aliphatic hydroxyl groups excluding tert-OH is 1. The molecule has 1 heterocycles. The van der Waals surface area contributed by atoms with Crippen molar-refractivity contribution < 1.29 is 86.0 Å². The SMILES string of the molecule is CCCCCCCCCCC[C@H](CC(=O)NC(=O)[C@@H](N)CO[C@H]1O[C@H](CO)[C@@H](OP(=O)(O)O)[C@H](OC(=O)C[C@@H](CCCCCCCCCCC)OC(=O)CCCCC)[C@H]1NC(=O)C[C@@H](CCCCCCCCCCC)OC(=O)CCCCC)OC(=O)CCCCC.CCN(CC)CC. The Morgan fingerprint density at radius 3 is 1.13 bits per heavy atom. The lowest BCUT2D eigenvalue weighted by molar-refractivity contribution is -0.271. The van der Waals surface area contributed by atoms with Crippen molar-refractivity contribution in [3.8, 4) is 0 Å². The Balaban J connectivity index is 0.0000127. The summed E-state index contributed by atoms with van der Waals surface area (Å²) >= 11 is 0. The predicted molar refractivity (Wildman–Crippen MR) is 386 cm³/mol. The number of unbranched alkanes of at least 4 members (excludes halogenated alkanes) is 30. The molecule has 98 heavy (non-hydrogen) atoms. The lowest BCUT2D eigenvalue weighted by Gasteiger charge is -2.45. The van der Waals surface area contributed by atoms with Crippen LogP contribution in [0.4, 0.5) is 0 Å². The molecule has 3 amide bonds. The Bertz CT molecular complexity index is 2060. The highest BCUT2D eigenvalue weighted by Crippen LogP contribution is 2.42. The number of aliphatic hydroxyl groups is 1. The molecule has 1 fully saturated rings. The summed E-state index contributed by atoms with van der Waals surface area (Å²) < 4.78 is 53.9. The molecule has 0 bridgehead atoms. The number of nitrogens with zero attached hydrogens (tertiary/aromatic N) is 1. The van der Waals surface area contributed by atoms with Gasteiger partial charge in [0.1, 0.15) is 42.6 Å². The van der Waals surface area contributed by atoms with Crippen LogP contribution in [0.3, 0.4) is 0 Å². The zero-order chi connectivity index (χ0) is 73.0. The molecule has 0 unspecified atom stereocenters. The number of nitrogens with two attached hydrogens (primary N) is 1. The fraction of sp³-hybridized carbons (Fsp3) is 0.907. The molecule has 9 atom stereocenters. The van der Waals surface area contributed by atoms with Gasteiger partial charge in [-0.15, -0.1) is 0 Å². The summed E-state index contributed by atoms with van der Waals surface area (Å²) in [4.78, 5) is 119. The van der Waals surface area contributed by atoms with Crippen LogP contribution in [0.15, 0.2) is 0 Å². The first-order chi connectivity index (χ1) is 47.2. The van der Waals surface area contributed by atoms with Crippen molar-refractivity contribution in [3.63, 3.8) is 0 Å². The molecule has 0 radical (unpaired) electrons. The zero-order valence-corrected chi connectivity index (χ0v) is 63.9. The van der Waals surface area contributed by atoms with E-state index in [0.29, 0.717) is 57.8 Å². The number of carbonyl (C=O) groups excluding carboxylic acids is 7. The van der Waals surface area contributed by atoms with Crippen LogP contribution in [0.2, 0.25) is 0 Å². The van der Waals surface area contributed by atoms with E-state index in [1.807, 2.05) is 20.8 Å². The summed E-state index contributed by atoms with van der Waals surface area (Å²) in [5.41, 5.74) is 6.38. The number of esters is 4. The summed E-state index contributed by atoms with van der Waals surface area (Å²) in [6, 6.07) is -3.32. The van der Waals surface area contributed by atoms with Gasteiger partial charge in [-0.1, -0.05) is 255 Å². The number of imide groups is 1. The zero-order valence-electron chi connectivity index (χ0n) is 63.0. The normalized spacial score (nSPS) is 17.4. The van der Waals surface area contributed by atoms with Gasteiger partial charge >= 0.3 is 31.7 Å². The van der Waals surface area contributed by atoms with E-state index in [1.165, 1.54) is 71.0 Å². The molecular formula is C75H143N4O18P. The average molecular weight is 1420 g/mol. The van der Waals surface area contributed by atoms with Crippen LogP contribution >= 0.6 is 7.82 Å². The molecule has 23 heteroatoms. The van der Waals surface area contributed by atoms with Gasteiger partial charge in [0.15, 0.2) is 12.4 Å². The summed E-state index contributed by atoms with van der Waals surface area (Å²) in [5, 5.41) is 15.8. The van der Waals surface area contributed by atoms with Gasteiger partial charge in [0.2, 0.25) is 17.7 Å². The number of carbonyl (C=O) groups is 7. The highest BCUT2D eigenvalue weighted by atomic mass is 31.2. The van der Waals surface area contributed by atoms with Crippen molar-refractivity contribution in [2.75, 3.05) is 32.8 Å². The summed E-state index contributed by atoms with van der Waals surface area (Å²) in [5.74, 6) is -4.94. The van der Waals surface area contributed by atoms with Gasteiger partial charge in [0, 0.05) is 19.3 Å². The highest BCUT2D eigenvalue weighted by molar-refractivity contribution is 7.46. The quantitative estimate of drug-likeness (QED) is 0.0143. The monoisotopic (exact) mass is 1420 g/mol. The van der Waals surface area contributed by atoms with Crippen LogP contribution < -0.4 is 16.4 Å². The second kappa shape index (κ2) is 63.1. The molecule has 576 valence electrons. The number of nitrogens with one attached hydrogen (secondary N) is 2. The third-order valence-corrected chi connectivity index (χ3v) is 18.5. The van der Waals surface area contributed by atoms with Crippen LogP contribution in [0.5, 0.6) is 0 Å². The molecule has 0 saturated carbocycles. The average Bonchev–Trinajstić information content (AvgIpc) is 0.781. The maximum atomic E-state index is 14.5. The fourth-order valence-corrected chi connectivity index (χ4v) is 12.6. The van der Waals surface area contributed by atoms with E-state index in [2.05, 4.69) is 57.1 Å². The Hall–Kier alpha value is -3.60. The molecule has 7 N–H and O–H groups in total. The highest BCUT2D eigenvalue weighted by Gasteiger charge is 2.52.